The van der Waals surface area contributed by atoms with Crippen molar-refractivity contribution in [2.75, 3.05) is 17.7 Å². The minimum Gasteiger partial charge on any atom is -0.497 e. The molecule has 0 aliphatic rings. The van der Waals surface area contributed by atoms with Gasteiger partial charge in [0.2, 0.25) is 5.95 Å². The normalized spacial score (nSPS) is 10.4. The van der Waals surface area contributed by atoms with Gasteiger partial charge in [0, 0.05) is 17.6 Å². The highest BCUT2D eigenvalue weighted by molar-refractivity contribution is 6.03. The molecule has 144 valence electrons. The maximum atomic E-state index is 12.4. The monoisotopic (exact) mass is 378 g/mol. The molecule has 3 aromatic rings. The first-order chi connectivity index (χ1) is 13.5. The number of amides is 1. The summed E-state index contributed by atoms with van der Waals surface area (Å²) >= 11 is 0. The molecule has 7 nitrogen and oxygen atoms in total. The van der Waals surface area contributed by atoms with Crippen LogP contribution in [0.3, 0.4) is 0 Å². The quantitative estimate of drug-likeness (QED) is 0.639. The Hall–Kier alpha value is -3.61. The summed E-state index contributed by atoms with van der Waals surface area (Å²) in [5, 5.41) is 5.88. The Balaban J connectivity index is 1.66. The molecule has 28 heavy (non-hydrogen) atoms. The number of benzene rings is 2. The molecule has 1 heterocycles. The minimum absolute atomic E-state index is 0.114. The minimum atomic E-state index is -0.323. The molecule has 2 aromatic carbocycles. The third-order valence-corrected chi connectivity index (χ3v) is 3.72. The van der Waals surface area contributed by atoms with Crippen molar-refractivity contribution in [3.63, 3.8) is 0 Å². The largest absolute Gasteiger partial charge is 0.497 e. The van der Waals surface area contributed by atoms with Crippen LogP contribution >= 0.6 is 0 Å². The third-order valence-electron chi connectivity index (χ3n) is 3.72. The lowest BCUT2D eigenvalue weighted by molar-refractivity contribution is 0.102. The van der Waals surface area contributed by atoms with E-state index in [-0.39, 0.29) is 17.7 Å². The molecule has 0 atom stereocenters. The van der Waals surface area contributed by atoms with Gasteiger partial charge in [0.25, 0.3) is 5.91 Å². The van der Waals surface area contributed by atoms with Crippen LogP contribution in [0, 0.1) is 0 Å². The molecule has 0 spiro atoms. The molecule has 0 bridgehead atoms. The van der Waals surface area contributed by atoms with Crippen LogP contribution in [-0.4, -0.2) is 29.1 Å². The first kappa shape index (κ1) is 19.2. The van der Waals surface area contributed by atoms with Crippen LogP contribution in [0.5, 0.6) is 11.5 Å². The molecule has 1 aromatic heterocycles. The van der Waals surface area contributed by atoms with Gasteiger partial charge in [-0.15, -0.1) is 0 Å². The van der Waals surface area contributed by atoms with E-state index in [9.17, 15) is 4.79 Å². The van der Waals surface area contributed by atoms with Crippen LogP contribution in [0.25, 0.3) is 0 Å². The summed E-state index contributed by atoms with van der Waals surface area (Å²) in [4.78, 5) is 20.9. The number of carbonyl (C=O) groups excluding carboxylic acids is 1. The van der Waals surface area contributed by atoms with Gasteiger partial charge in [-0.25, -0.2) is 9.97 Å². The number of anilines is 3. The van der Waals surface area contributed by atoms with Crippen LogP contribution in [-0.2, 0) is 0 Å². The predicted molar refractivity (Wildman–Crippen MR) is 108 cm³/mol. The van der Waals surface area contributed by atoms with Gasteiger partial charge in [-0.3, -0.25) is 4.79 Å². The highest BCUT2D eigenvalue weighted by Gasteiger charge is 2.10. The average molecular weight is 378 g/mol. The Morgan fingerprint density at radius 1 is 0.929 bits per heavy atom. The Bertz CT molecular complexity index is 925. The molecule has 0 unspecified atom stereocenters. The summed E-state index contributed by atoms with van der Waals surface area (Å²) in [5.41, 5.74) is 1.71. The highest BCUT2D eigenvalue weighted by atomic mass is 16.5. The molecule has 7 heteroatoms. The van der Waals surface area contributed by atoms with Crippen molar-refractivity contribution in [2.45, 2.75) is 20.0 Å². The van der Waals surface area contributed by atoms with Crippen molar-refractivity contribution in [2.24, 2.45) is 0 Å². The second kappa shape index (κ2) is 8.85. The van der Waals surface area contributed by atoms with E-state index >= 15 is 0 Å². The number of nitrogens with zero attached hydrogens (tertiary/aromatic N) is 2. The van der Waals surface area contributed by atoms with Crippen LogP contribution < -0.4 is 20.1 Å². The molecule has 2 N–H and O–H groups in total. The van der Waals surface area contributed by atoms with Gasteiger partial charge in [0.1, 0.15) is 17.2 Å². The lowest BCUT2D eigenvalue weighted by atomic mass is 10.3. The summed E-state index contributed by atoms with van der Waals surface area (Å²) in [6.07, 6.45) is 1.65. The zero-order valence-electron chi connectivity index (χ0n) is 16.0. The Labute approximate surface area is 163 Å². The number of rotatable bonds is 7. The van der Waals surface area contributed by atoms with E-state index in [1.165, 1.54) is 6.20 Å². The second-order valence-corrected chi connectivity index (χ2v) is 6.26. The average Bonchev–Trinajstić information content (AvgIpc) is 2.70. The highest BCUT2D eigenvalue weighted by Crippen LogP contribution is 2.20. The van der Waals surface area contributed by atoms with Gasteiger partial charge in [-0.1, -0.05) is 0 Å². The molecule has 0 aliphatic heterocycles. The first-order valence-electron chi connectivity index (χ1n) is 8.85. The summed E-state index contributed by atoms with van der Waals surface area (Å²) in [5.74, 6) is 1.52. The maximum absolute atomic E-state index is 12.4. The van der Waals surface area contributed by atoms with Gasteiger partial charge in [0.05, 0.1) is 13.2 Å². The molecule has 1 amide bonds. The predicted octanol–water partition coefficient (Wildman–Crippen LogP) is 4.27. The van der Waals surface area contributed by atoms with E-state index in [1.54, 1.807) is 37.4 Å². The lowest BCUT2D eigenvalue weighted by Crippen LogP contribution is -2.14. The van der Waals surface area contributed by atoms with E-state index in [0.717, 1.165) is 17.2 Å². The molecule has 0 saturated heterocycles. The summed E-state index contributed by atoms with van der Waals surface area (Å²) < 4.78 is 10.7. The molecule has 0 radical (unpaired) electrons. The zero-order valence-corrected chi connectivity index (χ0v) is 16.0. The summed E-state index contributed by atoms with van der Waals surface area (Å²) in [6.45, 7) is 3.95. The SMILES string of the molecule is COc1ccc(NC(=O)c2ccnc(Nc3ccc(OC(C)C)cc3)n2)cc1. The van der Waals surface area contributed by atoms with Crippen molar-refractivity contribution in [3.05, 3.63) is 66.5 Å². The number of nitrogens with one attached hydrogen (secondary N) is 2. The van der Waals surface area contributed by atoms with E-state index < -0.39 is 0 Å². The molecular formula is C21H22N4O3. The van der Waals surface area contributed by atoms with E-state index in [2.05, 4.69) is 20.6 Å². The van der Waals surface area contributed by atoms with Crippen LogP contribution in [0.15, 0.2) is 60.8 Å². The lowest BCUT2D eigenvalue weighted by Gasteiger charge is -2.11. The number of hydrogen-bond acceptors (Lipinski definition) is 6. The number of ether oxygens (including phenoxy) is 2. The smallest absolute Gasteiger partial charge is 0.274 e. The molecule has 0 saturated carbocycles. The van der Waals surface area contributed by atoms with E-state index in [4.69, 9.17) is 9.47 Å². The Kier molecular flexibility index (Phi) is 6.06. The fraction of sp³-hybridized carbons (Fsp3) is 0.190. The van der Waals surface area contributed by atoms with E-state index in [0.29, 0.717) is 11.6 Å². The van der Waals surface area contributed by atoms with Crippen molar-refractivity contribution in [1.82, 2.24) is 9.97 Å². The number of carbonyl (C=O) groups is 1. The van der Waals surface area contributed by atoms with Crippen molar-refractivity contribution in [1.29, 1.82) is 0 Å². The van der Waals surface area contributed by atoms with Gasteiger partial charge in [0.15, 0.2) is 0 Å². The number of methoxy groups -OCH3 is 1. The van der Waals surface area contributed by atoms with Gasteiger partial charge < -0.3 is 20.1 Å². The van der Waals surface area contributed by atoms with Crippen molar-refractivity contribution in [3.8, 4) is 11.5 Å². The topological polar surface area (TPSA) is 85.4 Å². The van der Waals surface area contributed by atoms with Gasteiger partial charge in [-0.05, 0) is 68.4 Å². The molecule has 0 fully saturated rings. The van der Waals surface area contributed by atoms with Crippen LogP contribution in [0.2, 0.25) is 0 Å². The Morgan fingerprint density at radius 3 is 2.21 bits per heavy atom. The van der Waals surface area contributed by atoms with Crippen LogP contribution in [0.1, 0.15) is 24.3 Å². The summed E-state index contributed by atoms with van der Waals surface area (Å²) in [6, 6.07) is 16.1. The van der Waals surface area contributed by atoms with Crippen molar-refractivity contribution < 1.29 is 14.3 Å². The molecule has 3 rings (SSSR count). The van der Waals surface area contributed by atoms with E-state index in [1.807, 2.05) is 38.1 Å². The zero-order chi connectivity index (χ0) is 19.9. The maximum Gasteiger partial charge on any atom is 0.274 e. The van der Waals surface area contributed by atoms with Crippen LogP contribution in [0.4, 0.5) is 17.3 Å². The second-order valence-electron chi connectivity index (χ2n) is 6.26. The Morgan fingerprint density at radius 2 is 1.57 bits per heavy atom. The van der Waals surface area contributed by atoms with Crippen molar-refractivity contribution >= 4 is 23.2 Å². The summed E-state index contributed by atoms with van der Waals surface area (Å²) in [7, 11) is 1.59. The molecule has 0 aliphatic carbocycles. The number of aromatic nitrogens is 2. The third kappa shape index (κ3) is 5.20. The van der Waals surface area contributed by atoms with Gasteiger partial charge in [-0.2, -0.15) is 0 Å². The standard InChI is InChI=1S/C21H22N4O3/c1-14(2)28-18-10-6-16(7-11-18)24-21-22-13-12-19(25-21)20(26)23-15-4-8-17(27-3)9-5-15/h4-14H,1-3H3,(H,23,26)(H,22,24,25). The fourth-order valence-corrected chi connectivity index (χ4v) is 2.43. The first-order valence-corrected chi connectivity index (χ1v) is 8.85. The number of hydrogen-bond donors (Lipinski definition) is 2. The molecular weight excluding hydrogens is 356 g/mol. The fourth-order valence-electron chi connectivity index (χ4n) is 2.43. The van der Waals surface area contributed by atoms with Gasteiger partial charge >= 0.3 is 0 Å².